The predicted molar refractivity (Wildman–Crippen MR) is 63.6 cm³/mol. The number of methoxy groups -OCH3 is 1. The van der Waals surface area contributed by atoms with Crippen LogP contribution in [-0.2, 0) is 0 Å². The van der Waals surface area contributed by atoms with E-state index in [1.165, 1.54) is 0 Å². The van der Waals surface area contributed by atoms with E-state index in [4.69, 9.17) is 4.74 Å². The largest absolute Gasteiger partial charge is 0.493 e. The standard InChI is InChI=1S/C12H22N2O2/c1-8(2)14-10(9(16-6)7-13-14)11(15)12(3,4)5/h7-8,11,15H,1-6H3. The highest BCUT2D eigenvalue weighted by Crippen LogP contribution is 2.38. The monoisotopic (exact) mass is 226 g/mol. The molecule has 1 heterocycles. The lowest BCUT2D eigenvalue weighted by Gasteiger charge is -2.27. The number of aromatic nitrogens is 2. The van der Waals surface area contributed by atoms with Crippen LogP contribution in [0.1, 0.15) is 52.5 Å². The van der Waals surface area contributed by atoms with Gasteiger partial charge in [0, 0.05) is 6.04 Å². The van der Waals surface area contributed by atoms with Crippen LogP contribution in [0.2, 0.25) is 0 Å². The van der Waals surface area contributed by atoms with E-state index >= 15 is 0 Å². The van der Waals surface area contributed by atoms with Crippen molar-refractivity contribution >= 4 is 0 Å². The SMILES string of the molecule is COc1cnn(C(C)C)c1C(O)C(C)(C)C. The summed E-state index contributed by atoms with van der Waals surface area (Å²) in [6.45, 7) is 10.1. The summed E-state index contributed by atoms with van der Waals surface area (Å²) in [5, 5.41) is 14.6. The molecule has 0 bridgehead atoms. The molecule has 0 aliphatic rings. The molecule has 0 aliphatic heterocycles. The maximum atomic E-state index is 10.3. The number of nitrogens with zero attached hydrogens (tertiary/aromatic N) is 2. The van der Waals surface area contributed by atoms with Crippen molar-refractivity contribution in [3.8, 4) is 5.75 Å². The topological polar surface area (TPSA) is 47.3 Å². The lowest BCUT2D eigenvalue weighted by Crippen LogP contribution is -2.22. The summed E-state index contributed by atoms with van der Waals surface area (Å²) in [4.78, 5) is 0. The van der Waals surface area contributed by atoms with Gasteiger partial charge in [-0.3, -0.25) is 4.68 Å². The van der Waals surface area contributed by atoms with Gasteiger partial charge in [-0.2, -0.15) is 5.10 Å². The van der Waals surface area contributed by atoms with Gasteiger partial charge in [-0.1, -0.05) is 20.8 Å². The van der Waals surface area contributed by atoms with E-state index in [-0.39, 0.29) is 11.5 Å². The van der Waals surface area contributed by atoms with Crippen LogP contribution in [-0.4, -0.2) is 22.0 Å². The quantitative estimate of drug-likeness (QED) is 0.861. The highest BCUT2D eigenvalue weighted by molar-refractivity contribution is 5.28. The lowest BCUT2D eigenvalue weighted by atomic mass is 9.87. The van der Waals surface area contributed by atoms with Crippen molar-refractivity contribution in [2.24, 2.45) is 5.41 Å². The van der Waals surface area contributed by atoms with Crippen molar-refractivity contribution in [3.05, 3.63) is 11.9 Å². The summed E-state index contributed by atoms with van der Waals surface area (Å²) >= 11 is 0. The Hall–Kier alpha value is -1.03. The van der Waals surface area contributed by atoms with E-state index in [0.29, 0.717) is 5.75 Å². The van der Waals surface area contributed by atoms with Gasteiger partial charge in [-0.15, -0.1) is 0 Å². The second kappa shape index (κ2) is 4.45. The molecule has 0 aliphatic carbocycles. The molecule has 1 N–H and O–H groups in total. The lowest BCUT2D eigenvalue weighted by molar-refractivity contribution is 0.0513. The van der Waals surface area contributed by atoms with Crippen LogP contribution < -0.4 is 4.74 Å². The third kappa shape index (κ3) is 2.38. The Morgan fingerprint density at radius 1 is 1.38 bits per heavy atom. The first kappa shape index (κ1) is 13.0. The molecule has 4 nitrogen and oxygen atoms in total. The van der Waals surface area contributed by atoms with Gasteiger partial charge in [0.25, 0.3) is 0 Å². The van der Waals surface area contributed by atoms with E-state index in [2.05, 4.69) is 5.10 Å². The van der Waals surface area contributed by atoms with E-state index in [0.717, 1.165) is 5.69 Å². The average Bonchev–Trinajstić information content (AvgIpc) is 2.57. The minimum Gasteiger partial charge on any atom is -0.493 e. The summed E-state index contributed by atoms with van der Waals surface area (Å²) in [6.07, 6.45) is 1.07. The molecule has 0 aromatic carbocycles. The average molecular weight is 226 g/mol. The summed E-state index contributed by atoms with van der Waals surface area (Å²) in [5.74, 6) is 0.649. The molecule has 1 aromatic rings. The minimum absolute atomic E-state index is 0.205. The van der Waals surface area contributed by atoms with Crippen LogP contribution in [0.15, 0.2) is 6.20 Å². The van der Waals surface area contributed by atoms with Crippen molar-refractivity contribution in [3.63, 3.8) is 0 Å². The van der Waals surface area contributed by atoms with Crippen molar-refractivity contribution in [1.82, 2.24) is 9.78 Å². The molecule has 1 aromatic heterocycles. The van der Waals surface area contributed by atoms with Crippen molar-refractivity contribution < 1.29 is 9.84 Å². The molecule has 1 unspecified atom stereocenters. The smallest absolute Gasteiger partial charge is 0.162 e. The molecule has 16 heavy (non-hydrogen) atoms. The molecule has 1 atom stereocenters. The van der Waals surface area contributed by atoms with Crippen LogP contribution in [0.3, 0.4) is 0 Å². The van der Waals surface area contributed by atoms with Crippen LogP contribution >= 0.6 is 0 Å². The summed E-state index contributed by atoms with van der Waals surface area (Å²) in [5.41, 5.74) is 0.518. The predicted octanol–water partition coefficient (Wildman–Crippen LogP) is 2.55. The van der Waals surface area contributed by atoms with E-state index in [1.54, 1.807) is 13.3 Å². The second-order valence-corrected chi connectivity index (χ2v) is 5.41. The van der Waals surface area contributed by atoms with Crippen molar-refractivity contribution in [2.45, 2.75) is 46.8 Å². The van der Waals surface area contributed by atoms with E-state index in [1.807, 2.05) is 39.3 Å². The van der Waals surface area contributed by atoms with Crippen LogP contribution in [0.25, 0.3) is 0 Å². The maximum absolute atomic E-state index is 10.3. The normalized spacial score (nSPS) is 14.2. The Balaban J connectivity index is 3.23. The van der Waals surface area contributed by atoms with Gasteiger partial charge in [0.2, 0.25) is 0 Å². The third-order valence-corrected chi connectivity index (χ3v) is 2.59. The third-order valence-electron chi connectivity index (χ3n) is 2.59. The van der Waals surface area contributed by atoms with Crippen LogP contribution in [0, 0.1) is 5.41 Å². The summed E-state index contributed by atoms with van der Waals surface area (Å²) < 4.78 is 7.06. The van der Waals surface area contributed by atoms with Gasteiger partial charge in [0.05, 0.1) is 13.3 Å². The zero-order valence-corrected chi connectivity index (χ0v) is 11.0. The number of hydrogen-bond donors (Lipinski definition) is 1. The molecular formula is C12H22N2O2. The molecule has 92 valence electrons. The number of ether oxygens (including phenoxy) is 1. The zero-order valence-electron chi connectivity index (χ0n) is 11.0. The van der Waals surface area contributed by atoms with Gasteiger partial charge < -0.3 is 9.84 Å². The molecule has 0 radical (unpaired) electrons. The van der Waals surface area contributed by atoms with Crippen LogP contribution in [0.4, 0.5) is 0 Å². The fourth-order valence-electron chi connectivity index (χ4n) is 1.59. The Labute approximate surface area is 97.2 Å². The van der Waals surface area contributed by atoms with Crippen molar-refractivity contribution in [2.75, 3.05) is 7.11 Å². The second-order valence-electron chi connectivity index (χ2n) is 5.41. The molecule has 4 heteroatoms. The first-order chi connectivity index (χ1) is 7.29. The Morgan fingerprint density at radius 3 is 2.31 bits per heavy atom. The highest BCUT2D eigenvalue weighted by Gasteiger charge is 2.30. The molecular weight excluding hydrogens is 204 g/mol. The van der Waals surface area contributed by atoms with Crippen molar-refractivity contribution in [1.29, 1.82) is 0 Å². The fourth-order valence-corrected chi connectivity index (χ4v) is 1.59. The van der Waals surface area contributed by atoms with E-state index < -0.39 is 6.10 Å². The molecule has 1 rings (SSSR count). The van der Waals surface area contributed by atoms with Gasteiger partial charge in [-0.25, -0.2) is 0 Å². The van der Waals surface area contributed by atoms with Gasteiger partial charge in [0.1, 0.15) is 11.8 Å². The first-order valence-corrected chi connectivity index (χ1v) is 5.58. The number of aliphatic hydroxyl groups is 1. The zero-order chi connectivity index (χ0) is 12.5. The van der Waals surface area contributed by atoms with E-state index in [9.17, 15) is 5.11 Å². The molecule has 0 spiro atoms. The van der Waals surface area contributed by atoms with Crippen LogP contribution in [0.5, 0.6) is 5.75 Å². The highest BCUT2D eigenvalue weighted by atomic mass is 16.5. The Kier molecular flexibility index (Phi) is 3.63. The van der Waals surface area contributed by atoms with Gasteiger partial charge >= 0.3 is 0 Å². The fraction of sp³-hybridized carbons (Fsp3) is 0.750. The summed E-state index contributed by atoms with van der Waals surface area (Å²) in [7, 11) is 1.60. The maximum Gasteiger partial charge on any atom is 0.162 e. The molecule has 0 saturated heterocycles. The molecule has 0 amide bonds. The first-order valence-electron chi connectivity index (χ1n) is 5.58. The van der Waals surface area contributed by atoms with Gasteiger partial charge in [-0.05, 0) is 19.3 Å². The molecule has 0 saturated carbocycles. The minimum atomic E-state index is -0.590. The number of hydrogen-bond acceptors (Lipinski definition) is 3. The number of aliphatic hydroxyl groups excluding tert-OH is 1. The number of rotatable bonds is 3. The molecule has 0 fully saturated rings. The Bertz CT molecular complexity index is 350. The Morgan fingerprint density at radius 2 is 1.94 bits per heavy atom. The van der Waals surface area contributed by atoms with Gasteiger partial charge in [0.15, 0.2) is 5.75 Å². The summed E-state index contributed by atoms with van der Waals surface area (Å²) in [6, 6.07) is 0.205.